The molecular weight excluding hydrogens is 328 g/mol. The van der Waals surface area contributed by atoms with Gasteiger partial charge in [-0.05, 0) is 36.8 Å². The van der Waals surface area contributed by atoms with Gasteiger partial charge >= 0.3 is 6.03 Å². The molecule has 0 radical (unpaired) electrons. The van der Waals surface area contributed by atoms with E-state index in [1.165, 1.54) is 0 Å². The van der Waals surface area contributed by atoms with Crippen molar-refractivity contribution < 1.29 is 9.59 Å². The Balaban J connectivity index is 1.61. The molecule has 0 bridgehead atoms. The Bertz CT molecular complexity index is 829. The molecule has 1 saturated heterocycles. The topological polar surface area (TPSA) is 76.4 Å². The number of para-hydroxylation sites is 1. The van der Waals surface area contributed by atoms with Gasteiger partial charge in [0.05, 0.1) is 11.6 Å². The molecule has 26 heavy (non-hydrogen) atoms. The Morgan fingerprint density at radius 2 is 1.65 bits per heavy atom. The molecule has 0 aliphatic carbocycles. The van der Waals surface area contributed by atoms with E-state index in [0.717, 1.165) is 5.69 Å². The molecule has 1 heterocycles. The van der Waals surface area contributed by atoms with Crippen LogP contribution >= 0.6 is 0 Å². The largest absolute Gasteiger partial charge is 0.337 e. The number of hydrogen-bond acceptors (Lipinski definition) is 3. The van der Waals surface area contributed by atoms with E-state index in [-0.39, 0.29) is 11.9 Å². The monoisotopic (exact) mass is 348 g/mol. The molecule has 0 aromatic heterocycles. The van der Waals surface area contributed by atoms with Crippen LogP contribution in [0.2, 0.25) is 0 Å². The average molecular weight is 348 g/mol. The Hall–Kier alpha value is -3.33. The lowest BCUT2D eigenvalue weighted by atomic mass is 10.1. The molecule has 6 heteroatoms. The quantitative estimate of drug-likeness (QED) is 0.906. The van der Waals surface area contributed by atoms with Crippen LogP contribution in [0.15, 0.2) is 54.6 Å². The molecule has 3 rings (SSSR count). The van der Waals surface area contributed by atoms with Gasteiger partial charge in [-0.3, -0.25) is 4.79 Å². The normalized spacial score (nSPS) is 14.3. The third-order valence-electron chi connectivity index (χ3n) is 4.33. The molecule has 2 aromatic rings. The minimum atomic E-state index is -0.156. The van der Waals surface area contributed by atoms with Crippen molar-refractivity contribution in [1.29, 1.82) is 5.26 Å². The summed E-state index contributed by atoms with van der Waals surface area (Å²) in [7, 11) is 0. The smallest absolute Gasteiger partial charge is 0.321 e. The van der Waals surface area contributed by atoms with Crippen LogP contribution in [-0.4, -0.2) is 47.9 Å². The molecule has 1 aliphatic rings. The second-order valence-electron chi connectivity index (χ2n) is 6.12. The lowest BCUT2D eigenvalue weighted by Gasteiger charge is -2.22. The number of benzene rings is 2. The number of carbonyl (C=O) groups excluding carboxylic acids is 2. The number of urea groups is 1. The first kappa shape index (κ1) is 17.5. The van der Waals surface area contributed by atoms with Crippen molar-refractivity contribution in [2.75, 3.05) is 31.5 Å². The van der Waals surface area contributed by atoms with E-state index in [0.29, 0.717) is 43.7 Å². The van der Waals surface area contributed by atoms with Crippen molar-refractivity contribution in [1.82, 2.24) is 9.80 Å². The zero-order valence-corrected chi connectivity index (χ0v) is 14.4. The van der Waals surface area contributed by atoms with Gasteiger partial charge in [-0.2, -0.15) is 5.26 Å². The zero-order valence-electron chi connectivity index (χ0n) is 14.4. The van der Waals surface area contributed by atoms with Gasteiger partial charge in [-0.15, -0.1) is 0 Å². The highest BCUT2D eigenvalue weighted by Crippen LogP contribution is 2.13. The molecule has 1 N–H and O–H groups in total. The van der Waals surface area contributed by atoms with Crippen LogP contribution in [0.4, 0.5) is 10.5 Å². The van der Waals surface area contributed by atoms with Gasteiger partial charge in [0.1, 0.15) is 0 Å². The number of carbonyl (C=O) groups is 2. The second-order valence-corrected chi connectivity index (χ2v) is 6.12. The van der Waals surface area contributed by atoms with Gasteiger partial charge < -0.3 is 15.1 Å². The molecule has 1 aliphatic heterocycles. The maximum atomic E-state index is 12.7. The van der Waals surface area contributed by atoms with E-state index in [1.54, 1.807) is 34.1 Å². The number of amides is 3. The van der Waals surface area contributed by atoms with E-state index in [2.05, 4.69) is 11.4 Å². The summed E-state index contributed by atoms with van der Waals surface area (Å²) in [6.45, 7) is 2.13. The van der Waals surface area contributed by atoms with E-state index in [1.807, 2.05) is 30.3 Å². The number of nitrogens with zero attached hydrogens (tertiary/aromatic N) is 3. The summed E-state index contributed by atoms with van der Waals surface area (Å²) in [5, 5.41) is 11.9. The molecule has 1 fully saturated rings. The second kappa shape index (κ2) is 8.17. The van der Waals surface area contributed by atoms with Crippen molar-refractivity contribution in [2.45, 2.75) is 6.42 Å². The lowest BCUT2D eigenvalue weighted by Crippen LogP contribution is -2.39. The maximum absolute atomic E-state index is 12.7. The summed E-state index contributed by atoms with van der Waals surface area (Å²) < 4.78 is 0. The molecule has 0 spiro atoms. The fourth-order valence-electron chi connectivity index (χ4n) is 2.95. The van der Waals surface area contributed by atoms with E-state index < -0.39 is 0 Å². The number of rotatable bonds is 2. The minimum absolute atomic E-state index is 0.104. The van der Waals surface area contributed by atoms with Crippen LogP contribution in [0.25, 0.3) is 0 Å². The Labute approximate surface area is 152 Å². The number of nitriles is 1. The first-order valence-electron chi connectivity index (χ1n) is 8.58. The summed E-state index contributed by atoms with van der Waals surface area (Å²) in [6.07, 6.45) is 0.714. The highest BCUT2D eigenvalue weighted by atomic mass is 16.2. The Morgan fingerprint density at radius 3 is 2.42 bits per heavy atom. The van der Waals surface area contributed by atoms with Crippen LogP contribution in [0, 0.1) is 11.3 Å². The number of anilines is 1. The van der Waals surface area contributed by atoms with Gasteiger partial charge in [-0.25, -0.2) is 4.79 Å². The van der Waals surface area contributed by atoms with Crippen molar-refractivity contribution in [3.05, 3.63) is 65.7 Å². The summed E-state index contributed by atoms with van der Waals surface area (Å²) >= 11 is 0. The van der Waals surface area contributed by atoms with Crippen LogP contribution in [-0.2, 0) is 0 Å². The van der Waals surface area contributed by atoms with E-state index >= 15 is 0 Å². The zero-order chi connectivity index (χ0) is 18.4. The van der Waals surface area contributed by atoms with Crippen LogP contribution in [0.1, 0.15) is 22.3 Å². The van der Waals surface area contributed by atoms with Gasteiger partial charge in [0.2, 0.25) is 0 Å². The highest BCUT2D eigenvalue weighted by Gasteiger charge is 2.23. The molecule has 3 amide bonds. The summed E-state index contributed by atoms with van der Waals surface area (Å²) in [5.41, 5.74) is 1.73. The average Bonchev–Trinajstić information content (AvgIpc) is 2.94. The van der Waals surface area contributed by atoms with E-state index in [9.17, 15) is 9.59 Å². The van der Waals surface area contributed by atoms with Crippen LogP contribution in [0.3, 0.4) is 0 Å². The minimum Gasteiger partial charge on any atom is -0.337 e. The van der Waals surface area contributed by atoms with Gasteiger partial charge in [-0.1, -0.05) is 24.3 Å². The maximum Gasteiger partial charge on any atom is 0.321 e. The van der Waals surface area contributed by atoms with Crippen molar-refractivity contribution >= 4 is 17.6 Å². The van der Waals surface area contributed by atoms with Crippen LogP contribution in [0.5, 0.6) is 0 Å². The molecule has 0 unspecified atom stereocenters. The van der Waals surface area contributed by atoms with Gasteiger partial charge in [0.15, 0.2) is 0 Å². The summed E-state index contributed by atoms with van der Waals surface area (Å²) in [4.78, 5) is 28.6. The molecule has 0 saturated carbocycles. The number of nitrogens with one attached hydrogen (secondary N) is 1. The molecular formula is C20H20N4O2. The van der Waals surface area contributed by atoms with Gasteiger partial charge in [0.25, 0.3) is 5.91 Å². The fraction of sp³-hybridized carbons (Fsp3) is 0.250. The first-order chi connectivity index (χ1) is 12.7. The lowest BCUT2D eigenvalue weighted by molar-refractivity contribution is 0.0762. The highest BCUT2D eigenvalue weighted by molar-refractivity contribution is 5.94. The predicted octanol–water partition coefficient (Wildman–Crippen LogP) is 2.94. The predicted molar refractivity (Wildman–Crippen MR) is 98.7 cm³/mol. The van der Waals surface area contributed by atoms with Crippen molar-refractivity contribution in [3.8, 4) is 6.07 Å². The van der Waals surface area contributed by atoms with Crippen molar-refractivity contribution in [3.63, 3.8) is 0 Å². The Kier molecular flexibility index (Phi) is 5.49. The molecule has 6 nitrogen and oxygen atoms in total. The Morgan fingerprint density at radius 1 is 0.923 bits per heavy atom. The van der Waals surface area contributed by atoms with Gasteiger partial charge in [0, 0.05) is 37.4 Å². The third-order valence-corrected chi connectivity index (χ3v) is 4.33. The molecule has 132 valence electrons. The fourth-order valence-corrected chi connectivity index (χ4v) is 2.95. The SMILES string of the molecule is N#Cc1cccc(C(=O)N2CCCN(C(=O)Nc3ccccc3)CC2)c1. The molecule has 0 atom stereocenters. The summed E-state index contributed by atoms with van der Waals surface area (Å²) in [6, 6.07) is 17.9. The van der Waals surface area contributed by atoms with E-state index in [4.69, 9.17) is 5.26 Å². The summed E-state index contributed by atoms with van der Waals surface area (Å²) in [5.74, 6) is -0.104. The van der Waals surface area contributed by atoms with Crippen LogP contribution < -0.4 is 5.32 Å². The van der Waals surface area contributed by atoms with Crippen molar-refractivity contribution in [2.24, 2.45) is 0 Å². The number of hydrogen-bond donors (Lipinski definition) is 1. The first-order valence-corrected chi connectivity index (χ1v) is 8.58. The third kappa shape index (κ3) is 4.19. The molecule has 2 aromatic carbocycles. The standard InChI is InChI=1S/C20H20N4O2/c21-15-16-6-4-7-17(14-16)19(25)23-10-5-11-24(13-12-23)20(26)22-18-8-2-1-3-9-18/h1-4,6-9,14H,5,10-13H2,(H,22,26).